The molecule has 1 aromatic carbocycles. The number of primary amides is 1. The SMILES string of the molecule is NC(=O)c1cc(-c2cccc(/C=C3\SC(=S)N(CCCCCC(=O)O)C3=O)n2)cc2c1OCC2. The first-order valence-electron chi connectivity index (χ1n) is 10.9. The summed E-state index contributed by atoms with van der Waals surface area (Å²) in [5.41, 5.74) is 8.80. The Morgan fingerprint density at radius 1 is 1.26 bits per heavy atom. The van der Waals surface area contributed by atoms with Gasteiger partial charge in [0.1, 0.15) is 10.1 Å². The summed E-state index contributed by atoms with van der Waals surface area (Å²) in [6.45, 7) is 0.968. The summed E-state index contributed by atoms with van der Waals surface area (Å²) in [7, 11) is 0. The zero-order valence-electron chi connectivity index (χ0n) is 18.3. The summed E-state index contributed by atoms with van der Waals surface area (Å²) in [5, 5.41) is 8.73. The van der Waals surface area contributed by atoms with Crippen LogP contribution in [0.1, 0.15) is 47.3 Å². The summed E-state index contributed by atoms with van der Waals surface area (Å²) in [4.78, 5) is 42.1. The lowest BCUT2D eigenvalue weighted by molar-refractivity contribution is -0.137. The number of carbonyl (C=O) groups excluding carboxylic acids is 2. The van der Waals surface area contributed by atoms with E-state index in [0.29, 0.717) is 70.8 Å². The molecule has 0 bridgehead atoms. The Kier molecular flexibility index (Phi) is 7.28. The summed E-state index contributed by atoms with van der Waals surface area (Å²) < 4.78 is 6.05. The number of nitrogens with zero attached hydrogens (tertiary/aromatic N) is 2. The van der Waals surface area contributed by atoms with E-state index in [-0.39, 0.29) is 12.3 Å². The van der Waals surface area contributed by atoms with Crippen LogP contribution in [0, 0.1) is 0 Å². The third-order valence-electron chi connectivity index (χ3n) is 5.54. The van der Waals surface area contributed by atoms with E-state index in [2.05, 4.69) is 4.98 Å². The Balaban J connectivity index is 1.50. The predicted octanol–water partition coefficient (Wildman–Crippen LogP) is 3.63. The third kappa shape index (κ3) is 5.28. The van der Waals surface area contributed by atoms with Crippen molar-refractivity contribution in [3.8, 4) is 17.0 Å². The van der Waals surface area contributed by atoms with Crippen LogP contribution in [0.3, 0.4) is 0 Å². The summed E-state index contributed by atoms with van der Waals surface area (Å²) in [5.74, 6) is -1.00. The number of carboxylic acids is 1. The molecule has 34 heavy (non-hydrogen) atoms. The number of thiocarbonyl (C=S) groups is 1. The van der Waals surface area contributed by atoms with E-state index in [1.54, 1.807) is 23.1 Å². The fourth-order valence-electron chi connectivity index (χ4n) is 3.88. The molecule has 3 heterocycles. The maximum absolute atomic E-state index is 12.9. The number of hydrogen-bond acceptors (Lipinski definition) is 7. The molecule has 1 fully saturated rings. The Morgan fingerprint density at radius 3 is 2.85 bits per heavy atom. The first kappa shape index (κ1) is 23.9. The Morgan fingerprint density at radius 2 is 2.09 bits per heavy atom. The minimum absolute atomic E-state index is 0.123. The fourth-order valence-corrected chi connectivity index (χ4v) is 5.17. The van der Waals surface area contributed by atoms with Crippen LogP contribution in [0.25, 0.3) is 17.3 Å². The van der Waals surface area contributed by atoms with Crippen molar-refractivity contribution < 1.29 is 24.2 Å². The number of hydrogen-bond donors (Lipinski definition) is 2. The zero-order chi connectivity index (χ0) is 24.2. The second-order valence-electron chi connectivity index (χ2n) is 7.96. The van der Waals surface area contributed by atoms with Crippen molar-refractivity contribution in [2.75, 3.05) is 13.2 Å². The van der Waals surface area contributed by atoms with Crippen LogP contribution < -0.4 is 10.5 Å². The Labute approximate surface area is 206 Å². The molecule has 4 rings (SSSR count). The van der Waals surface area contributed by atoms with Gasteiger partial charge in [0.05, 0.1) is 28.5 Å². The van der Waals surface area contributed by atoms with Gasteiger partial charge in [0.15, 0.2) is 0 Å². The summed E-state index contributed by atoms with van der Waals surface area (Å²) >= 11 is 6.60. The topological polar surface area (TPSA) is 123 Å². The lowest BCUT2D eigenvalue weighted by Crippen LogP contribution is -2.29. The van der Waals surface area contributed by atoms with Gasteiger partial charge in [-0.05, 0) is 48.7 Å². The summed E-state index contributed by atoms with van der Waals surface area (Å²) in [6, 6.07) is 9.10. The van der Waals surface area contributed by atoms with Gasteiger partial charge < -0.3 is 15.6 Å². The molecule has 0 unspecified atom stereocenters. The largest absolute Gasteiger partial charge is 0.492 e. The number of carboxylic acid groups (broad SMARTS) is 1. The second kappa shape index (κ2) is 10.4. The van der Waals surface area contributed by atoms with Gasteiger partial charge >= 0.3 is 5.97 Å². The molecule has 2 aliphatic rings. The van der Waals surface area contributed by atoms with E-state index >= 15 is 0 Å². The van der Waals surface area contributed by atoms with E-state index in [1.165, 1.54) is 11.8 Å². The van der Waals surface area contributed by atoms with Crippen molar-refractivity contribution >= 4 is 52.2 Å². The number of nitrogens with two attached hydrogens (primary N) is 1. The summed E-state index contributed by atoms with van der Waals surface area (Å²) in [6.07, 6.45) is 4.50. The van der Waals surface area contributed by atoms with Crippen molar-refractivity contribution in [2.24, 2.45) is 5.73 Å². The number of rotatable bonds is 9. The quantitative estimate of drug-likeness (QED) is 0.306. The molecule has 3 N–H and O–H groups in total. The highest BCUT2D eigenvalue weighted by Crippen LogP contribution is 2.35. The molecule has 0 aliphatic carbocycles. The Bertz CT molecular complexity index is 1210. The van der Waals surface area contributed by atoms with Crippen LogP contribution in [0.5, 0.6) is 5.75 Å². The molecule has 1 saturated heterocycles. The molecular formula is C24H23N3O5S2. The van der Waals surface area contributed by atoms with Crippen LogP contribution in [0.2, 0.25) is 0 Å². The number of unbranched alkanes of at least 4 members (excludes halogenated alkanes) is 2. The average molecular weight is 498 g/mol. The number of pyridine rings is 1. The van der Waals surface area contributed by atoms with Gasteiger partial charge in [-0.3, -0.25) is 19.3 Å². The predicted molar refractivity (Wildman–Crippen MR) is 133 cm³/mol. The van der Waals surface area contributed by atoms with E-state index in [1.807, 2.05) is 18.2 Å². The van der Waals surface area contributed by atoms with E-state index < -0.39 is 11.9 Å². The van der Waals surface area contributed by atoms with Crippen LogP contribution in [0.15, 0.2) is 35.2 Å². The number of aromatic nitrogens is 1. The van der Waals surface area contributed by atoms with Crippen molar-refractivity contribution in [3.05, 3.63) is 52.1 Å². The highest BCUT2D eigenvalue weighted by Gasteiger charge is 2.31. The van der Waals surface area contributed by atoms with E-state index in [0.717, 1.165) is 11.1 Å². The molecule has 176 valence electrons. The highest BCUT2D eigenvalue weighted by molar-refractivity contribution is 8.26. The highest BCUT2D eigenvalue weighted by atomic mass is 32.2. The fraction of sp³-hybridized carbons (Fsp3) is 0.292. The number of aliphatic carboxylic acids is 1. The number of ether oxygens (including phenoxy) is 1. The maximum Gasteiger partial charge on any atom is 0.303 e. The number of amides is 2. The van der Waals surface area contributed by atoms with Gasteiger partial charge in [-0.2, -0.15) is 0 Å². The first-order valence-corrected chi connectivity index (χ1v) is 12.1. The Hall–Kier alpha value is -3.24. The van der Waals surface area contributed by atoms with Gasteiger partial charge in [0, 0.05) is 24.9 Å². The van der Waals surface area contributed by atoms with Gasteiger partial charge in [-0.15, -0.1) is 0 Å². The van der Waals surface area contributed by atoms with Gasteiger partial charge in [-0.1, -0.05) is 36.5 Å². The van der Waals surface area contributed by atoms with E-state index in [9.17, 15) is 14.4 Å². The molecule has 0 spiro atoms. The monoisotopic (exact) mass is 497 g/mol. The molecule has 8 nitrogen and oxygen atoms in total. The molecule has 10 heteroatoms. The first-order chi connectivity index (χ1) is 16.3. The lowest BCUT2D eigenvalue weighted by Gasteiger charge is -2.13. The standard InChI is InChI=1S/C24H23N3O5S2/c25-22(30)17-12-15(11-14-8-10-32-21(14)17)18-6-4-5-16(26-18)13-19-23(31)27(24(33)34-19)9-3-1-2-7-20(28)29/h4-6,11-13H,1-3,7-10H2,(H2,25,30)(H,28,29)/b19-13-. The average Bonchev–Trinajstić information content (AvgIpc) is 3.37. The third-order valence-corrected chi connectivity index (χ3v) is 6.92. The van der Waals surface area contributed by atoms with Crippen LogP contribution in [-0.2, 0) is 16.0 Å². The smallest absolute Gasteiger partial charge is 0.303 e. The number of carbonyl (C=O) groups is 3. The molecule has 0 atom stereocenters. The van der Waals surface area contributed by atoms with Crippen LogP contribution in [0.4, 0.5) is 0 Å². The van der Waals surface area contributed by atoms with Crippen LogP contribution >= 0.6 is 24.0 Å². The molecule has 2 aromatic rings. The maximum atomic E-state index is 12.9. The van der Waals surface area contributed by atoms with Crippen LogP contribution in [-0.4, -0.2) is 50.2 Å². The van der Waals surface area contributed by atoms with Crippen molar-refractivity contribution in [3.63, 3.8) is 0 Å². The molecule has 2 aliphatic heterocycles. The minimum Gasteiger partial charge on any atom is -0.492 e. The molecule has 0 saturated carbocycles. The lowest BCUT2D eigenvalue weighted by atomic mass is 10.0. The molecular weight excluding hydrogens is 474 g/mol. The molecule has 0 radical (unpaired) electrons. The zero-order valence-corrected chi connectivity index (χ0v) is 19.9. The van der Waals surface area contributed by atoms with Gasteiger partial charge in [0.2, 0.25) is 0 Å². The minimum atomic E-state index is -0.817. The number of thioether (sulfide) groups is 1. The van der Waals surface area contributed by atoms with Gasteiger partial charge in [0.25, 0.3) is 11.8 Å². The molecule has 1 aromatic heterocycles. The van der Waals surface area contributed by atoms with Crippen molar-refractivity contribution in [2.45, 2.75) is 32.1 Å². The van der Waals surface area contributed by atoms with Crippen molar-refractivity contribution in [1.29, 1.82) is 0 Å². The molecule has 2 amide bonds. The number of benzene rings is 1. The normalized spacial score (nSPS) is 16.1. The van der Waals surface area contributed by atoms with Gasteiger partial charge in [-0.25, -0.2) is 4.98 Å². The van der Waals surface area contributed by atoms with E-state index in [4.69, 9.17) is 27.8 Å². The van der Waals surface area contributed by atoms with Crippen molar-refractivity contribution in [1.82, 2.24) is 9.88 Å². The number of fused-ring (bicyclic) bond motifs is 1. The second-order valence-corrected chi connectivity index (χ2v) is 9.64.